The van der Waals surface area contributed by atoms with Crippen LogP contribution >= 0.6 is 0 Å². The summed E-state index contributed by atoms with van der Waals surface area (Å²) >= 11 is 0. The van der Waals surface area contributed by atoms with Gasteiger partial charge in [0.2, 0.25) is 0 Å². The number of carbonyl (C=O) groups excluding carboxylic acids is 3. The van der Waals surface area contributed by atoms with Crippen LogP contribution in [0.4, 0.5) is 0 Å². The van der Waals surface area contributed by atoms with E-state index >= 15 is 0 Å². The van der Waals surface area contributed by atoms with E-state index in [0.29, 0.717) is 25.8 Å². The van der Waals surface area contributed by atoms with Crippen molar-refractivity contribution in [3.05, 3.63) is 11.3 Å². The minimum atomic E-state index is -0.535. The quantitative estimate of drug-likeness (QED) is 0.0485. The number of ketones is 1. The van der Waals surface area contributed by atoms with Crippen LogP contribution in [0.15, 0.2) is 11.3 Å². The van der Waals surface area contributed by atoms with E-state index in [1.807, 2.05) is 0 Å². The lowest BCUT2D eigenvalue weighted by atomic mass is 9.93. The zero-order chi connectivity index (χ0) is 41.6. The number of rotatable bonds is 43. The van der Waals surface area contributed by atoms with Crippen LogP contribution in [0.3, 0.4) is 0 Å². The molecule has 334 valence electrons. The lowest BCUT2D eigenvalue weighted by Crippen LogP contribution is -2.40. The summed E-state index contributed by atoms with van der Waals surface area (Å²) in [6.45, 7) is 8.32. The van der Waals surface area contributed by atoms with E-state index in [2.05, 4.69) is 45.1 Å². The third kappa shape index (κ3) is 33.6. The van der Waals surface area contributed by atoms with Crippen molar-refractivity contribution in [1.82, 2.24) is 10.2 Å². The lowest BCUT2D eigenvalue weighted by Gasteiger charge is -2.28. The first-order valence-electron chi connectivity index (χ1n) is 24.8. The number of nitrogens with one attached hydrogen (secondary N) is 1. The topological polar surface area (TPSA) is 84.9 Å². The molecule has 0 radical (unpaired) electrons. The zero-order valence-electron chi connectivity index (χ0n) is 38.5. The standard InChI is InChI=1S/C50H94N2O5/c1-6-9-12-15-18-21-24-27-30-34-46(53)41-45(43-56-49(54)36-31-28-25-22-19-16-13-10-7-2)48(42-51-47(44-38-39-44)35-33-40-52(4)5)57-50(55)37-32-29-26-23-20-17-14-11-8-3/h45,48,51H,6-43H2,1-5H3. The minimum Gasteiger partial charge on any atom is -0.465 e. The van der Waals surface area contributed by atoms with Crippen LogP contribution in [0.25, 0.3) is 0 Å². The van der Waals surface area contributed by atoms with Gasteiger partial charge in [0.25, 0.3) is 0 Å². The highest BCUT2D eigenvalue weighted by Crippen LogP contribution is 2.32. The van der Waals surface area contributed by atoms with Gasteiger partial charge in [0.05, 0.1) is 13.2 Å². The van der Waals surface area contributed by atoms with Crippen LogP contribution < -0.4 is 5.32 Å². The van der Waals surface area contributed by atoms with Crippen LogP contribution in [0, 0.1) is 5.92 Å². The fraction of sp³-hybridized carbons (Fsp3) is 0.900. The van der Waals surface area contributed by atoms with Crippen molar-refractivity contribution < 1.29 is 23.9 Å². The van der Waals surface area contributed by atoms with Crippen LogP contribution in [0.2, 0.25) is 0 Å². The Kier molecular flexibility index (Phi) is 35.7. The predicted octanol–water partition coefficient (Wildman–Crippen LogP) is 13.8. The van der Waals surface area contributed by atoms with Gasteiger partial charge in [0.1, 0.15) is 11.9 Å². The summed E-state index contributed by atoms with van der Waals surface area (Å²) in [6, 6.07) is 0. The Hall–Kier alpha value is -1.89. The van der Waals surface area contributed by atoms with Crippen molar-refractivity contribution in [1.29, 1.82) is 0 Å². The number of esters is 2. The van der Waals surface area contributed by atoms with Crippen LogP contribution in [0.5, 0.6) is 0 Å². The van der Waals surface area contributed by atoms with Gasteiger partial charge in [-0.05, 0) is 65.6 Å². The highest BCUT2D eigenvalue weighted by Gasteiger charge is 2.30. The molecule has 1 aliphatic carbocycles. The highest BCUT2D eigenvalue weighted by atomic mass is 16.6. The summed E-state index contributed by atoms with van der Waals surface area (Å²) in [6.07, 6.45) is 37.7. The number of unbranched alkanes of at least 4 members (excludes halogenated alkanes) is 24. The largest absolute Gasteiger partial charge is 0.465 e. The Morgan fingerprint density at radius 1 is 0.544 bits per heavy atom. The molecule has 1 saturated carbocycles. The maximum atomic E-state index is 13.6. The third-order valence-corrected chi connectivity index (χ3v) is 11.8. The molecule has 0 aliphatic heterocycles. The molecule has 0 saturated heterocycles. The SMILES string of the molecule is CCCCCCCCCCCC(=O)CC(COC(=O)CCCCCCCCCCC)C(CNC(CCCN(C)C)=C1CC1)OC(=O)CCCCCCCCCCC. The second kappa shape index (κ2) is 38.3. The second-order valence-corrected chi connectivity index (χ2v) is 17.8. The normalized spacial score (nSPS) is 13.5. The minimum absolute atomic E-state index is 0.115. The summed E-state index contributed by atoms with van der Waals surface area (Å²) in [5, 5.41) is 3.69. The molecule has 0 heterocycles. The van der Waals surface area contributed by atoms with E-state index in [4.69, 9.17) is 9.47 Å². The van der Waals surface area contributed by atoms with Crippen molar-refractivity contribution in [2.75, 3.05) is 33.8 Å². The second-order valence-electron chi connectivity index (χ2n) is 17.8. The van der Waals surface area contributed by atoms with Gasteiger partial charge >= 0.3 is 11.9 Å². The van der Waals surface area contributed by atoms with Gasteiger partial charge in [-0.3, -0.25) is 14.4 Å². The monoisotopic (exact) mass is 803 g/mol. The molecule has 0 aromatic rings. The van der Waals surface area contributed by atoms with Crippen molar-refractivity contribution >= 4 is 17.7 Å². The molecule has 57 heavy (non-hydrogen) atoms. The summed E-state index contributed by atoms with van der Waals surface area (Å²) in [4.78, 5) is 42.2. The van der Waals surface area contributed by atoms with Gasteiger partial charge in [-0.2, -0.15) is 0 Å². The van der Waals surface area contributed by atoms with E-state index in [9.17, 15) is 14.4 Å². The van der Waals surface area contributed by atoms with Crippen LogP contribution in [-0.2, 0) is 23.9 Å². The molecular weight excluding hydrogens is 709 g/mol. The first-order valence-corrected chi connectivity index (χ1v) is 24.8. The summed E-state index contributed by atoms with van der Waals surface area (Å²) in [7, 11) is 4.21. The number of nitrogens with zero attached hydrogens (tertiary/aromatic N) is 1. The number of Topliss-reactive ketones (excluding diaryl/α,β-unsaturated/α-hetero) is 1. The Labute approximate surface area is 353 Å². The highest BCUT2D eigenvalue weighted by molar-refractivity contribution is 5.79. The molecule has 1 aliphatic rings. The van der Waals surface area contributed by atoms with E-state index < -0.39 is 6.10 Å². The number of ether oxygens (including phenoxy) is 2. The number of hydrogen-bond donors (Lipinski definition) is 1. The molecule has 0 amide bonds. The number of carbonyl (C=O) groups is 3. The molecule has 1 fully saturated rings. The first-order chi connectivity index (χ1) is 27.8. The van der Waals surface area contributed by atoms with Gasteiger partial charge in [-0.15, -0.1) is 0 Å². The molecule has 2 unspecified atom stereocenters. The third-order valence-electron chi connectivity index (χ3n) is 11.8. The van der Waals surface area contributed by atoms with Gasteiger partial charge in [-0.25, -0.2) is 0 Å². The van der Waals surface area contributed by atoms with Gasteiger partial charge < -0.3 is 19.7 Å². The van der Waals surface area contributed by atoms with Crippen molar-refractivity contribution in [3.63, 3.8) is 0 Å². The molecule has 0 aromatic heterocycles. The van der Waals surface area contributed by atoms with Gasteiger partial charge in [0, 0.05) is 37.3 Å². The number of hydrogen-bond acceptors (Lipinski definition) is 7. The van der Waals surface area contributed by atoms with E-state index in [1.165, 1.54) is 133 Å². The molecule has 7 heteroatoms. The maximum absolute atomic E-state index is 13.6. The Morgan fingerprint density at radius 2 is 0.965 bits per heavy atom. The Balaban J connectivity index is 2.89. The molecule has 2 atom stereocenters. The number of allylic oxidation sites excluding steroid dienone is 2. The molecule has 0 bridgehead atoms. The van der Waals surface area contributed by atoms with Crippen molar-refractivity contribution in [2.24, 2.45) is 5.92 Å². The van der Waals surface area contributed by atoms with Crippen LogP contribution in [0.1, 0.15) is 245 Å². The average molecular weight is 803 g/mol. The first kappa shape index (κ1) is 53.1. The molecule has 1 rings (SSSR count). The Bertz CT molecular complexity index is 1000. The predicted molar refractivity (Wildman–Crippen MR) is 242 cm³/mol. The van der Waals surface area contributed by atoms with Gasteiger partial charge in [0.15, 0.2) is 0 Å². The fourth-order valence-corrected chi connectivity index (χ4v) is 7.84. The lowest BCUT2D eigenvalue weighted by molar-refractivity contribution is -0.157. The van der Waals surface area contributed by atoms with E-state index in [-0.39, 0.29) is 36.7 Å². The maximum Gasteiger partial charge on any atom is 0.306 e. The smallest absolute Gasteiger partial charge is 0.306 e. The van der Waals surface area contributed by atoms with E-state index in [1.54, 1.807) is 0 Å². The fourth-order valence-electron chi connectivity index (χ4n) is 7.84. The molecule has 7 nitrogen and oxygen atoms in total. The van der Waals surface area contributed by atoms with E-state index in [0.717, 1.165) is 83.6 Å². The summed E-state index contributed by atoms with van der Waals surface area (Å²) in [5.74, 6) is -0.582. The molecule has 0 aromatic carbocycles. The average Bonchev–Trinajstić information content (AvgIpc) is 4.04. The van der Waals surface area contributed by atoms with Gasteiger partial charge in [-0.1, -0.05) is 180 Å². The summed E-state index contributed by atoms with van der Waals surface area (Å²) in [5.41, 5.74) is 2.72. The van der Waals surface area contributed by atoms with Crippen molar-refractivity contribution in [2.45, 2.75) is 252 Å². The van der Waals surface area contributed by atoms with Crippen molar-refractivity contribution in [3.8, 4) is 0 Å². The molecule has 0 spiro atoms. The zero-order valence-corrected chi connectivity index (χ0v) is 38.5. The molecule has 1 N–H and O–H groups in total. The summed E-state index contributed by atoms with van der Waals surface area (Å²) < 4.78 is 12.2. The molecular formula is C50H94N2O5. The Morgan fingerprint density at radius 3 is 1.40 bits per heavy atom. The van der Waals surface area contributed by atoms with Crippen LogP contribution in [-0.4, -0.2) is 62.5 Å².